The molecule has 0 fully saturated rings. The maximum atomic E-state index is 11.7. The lowest BCUT2D eigenvalue weighted by Crippen LogP contribution is -2.11. The molecule has 2 aromatic rings. The van der Waals surface area contributed by atoms with E-state index in [1.807, 2.05) is 42.5 Å². The van der Waals surface area contributed by atoms with E-state index in [-0.39, 0.29) is 5.97 Å². The van der Waals surface area contributed by atoms with Gasteiger partial charge in [-0.05, 0) is 29.7 Å². The van der Waals surface area contributed by atoms with Gasteiger partial charge in [0.2, 0.25) is 0 Å². The predicted molar refractivity (Wildman–Crippen MR) is 71.6 cm³/mol. The lowest BCUT2D eigenvalue weighted by molar-refractivity contribution is -0.133. The molecule has 0 atom stereocenters. The lowest BCUT2D eigenvalue weighted by atomic mass is 10.1. The summed E-state index contributed by atoms with van der Waals surface area (Å²) in [4.78, 5) is 11.7. The Labute approximate surface area is 107 Å². The second kappa shape index (κ2) is 6.01. The summed E-state index contributed by atoms with van der Waals surface area (Å²) in [6.45, 7) is 2.11. The van der Waals surface area contributed by atoms with E-state index in [2.05, 4.69) is 6.92 Å². The molecule has 2 nitrogen and oxygen atoms in total. The van der Waals surface area contributed by atoms with E-state index in [1.54, 1.807) is 12.1 Å². The maximum absolute atomic E-state index is 11.7. The van der Waals surface area contributed by atoms with Crippen molar-refractivity contribution in [3.05, 3.63) is 65.7 Å². The molecule has 0 bridgehead atoms. The molecule has 0 aliphatic carbocycles. The first-order chi connectivity index (χ1) is 8.78. The van der Waals surface area contributed by atoms with Crippen LogP contribution < -0.4 is 4.74 Å². The minimum atomic E-state index is -0.231. The Balaban J connectivity index is 1.94. The Morgan fingerprint density at radius 1 is 0.944 bits per heavy atom. The monoisotopic (exact) mass is 240 g/mol. The number of hydrogen-bond donors (Lipinski definition) is 0. The largest absolute Gasteiger partial charge is 0.426 e. The molecule has 2 aromatic carbocycles. The summed E-state index contributed by atoms with van der Waals surface area (Å²) >= 11 is 0. The fourth-order valence-corrected chi connectivity index (χ4v) is 1.72. The van der Waals surface area contributed by atoms with E-state index in [9.17, 15) is 4.79 Å². The number of esters is 1. The van der Waals surface area contributed by atoms with Gasteiger partial charge in [0.25, 0.3) is 0 Å². The van der Waals surface area contributed by atoms with Crippen molar-refractivity contribution in [2.24, 2.45) is 0 Å². The molecule has 0 spiro atoms. The van der Waals surface area contributed by atoms with E-state index < -0.39 is 0 Å². The third-order valence-corrected chi connectivity index (χ3v) is 2.75. The molecule has 0 aliphatic rings. The lowest BCUT2D eigenvalue weighted by Gasteiger charge is -2.04. The standard InChI is InChI=1S/C16H16O2/c1-2-13-8-10-14(11-9-13)12-16(17)18-15-6-4-3-5-7-15/h3-11H,2,12H2,1H3. The van der Waals surface area contributed by atoms with Crippen LogP contribution >= 0.6 is 0 Å². The van der Waals surface area contributed by atoms with E-state index in [0.717, 1.165) is 12.0 Å². The van der Waals surface area contributed by atoms with Crippen molar-refractivity contribution in [2.45, 2.75) is 19.8 Å². The van der Waals surface area contributed by atoms with Crippen LogP contribution in [-0.4, -0.2) is 5.97 Å². The number of hydrogen-bond acceptors (Lipinski definition) is 2. The summed E-state index contributed by atoms with van der Waals surface area (Å²) in [7, 11) is 0. The van der Waals surface area contributed by atoms with Crippen LogP contribution in [0.3, 0.4) is 0 Å². The Hall–Kier alpha value is -2.09. The van der Waals surface area contributed by atoms with Crippen molar-refractivity contribution in [2.75, 3.05) is 0 Å². The minimum Gasteiger partial charge on any atom is -0.426 e. The zero-order valence-corrected chi connectivity index (χ0v) is 10.4. The molecule has 0 unspecified atom stereocenters. The molecule has 92 valence electrons. The molecule has 0 saturated carbocycles. The number of benzene rings is 2. The van der Waals surface area contributed by atoms with Crippen molar-refractivity contribution >= 4 is 5.97 Å². The highest BCUT2D eigenvalue weighted by atomic mass is 16.5. The second-order valence-electron chi connectivity index (χ2n) is 4.13. The maximum Gasteiger partial charge on any atom is 0.315 e. The van der Waals surface area contributed by atoms with Crippen molar-refractivity contribution < 1.29 is 9.53 Å². The first kappa shape index (κ1) is 12.4. The molecule has 0 radical (unpaired) electrons. The van der Waals surface area contributed by atoms with Crippen LogP contribution in [0.5, 0.6) is 5.75 Å². The molecule has 0 heterocycles. The quantitative estimate of drug-likeness (QED) is 0.605. The van der Waals surface area contributed by atoms with Crippen LogP contribution in [0.25, 0.3) is 0 Å². The highest BCUT2D eigenvalue weighted by molar-refractivity contribution is 5.75. The normalized spacial score (nSPS) is 10.1. The fraction of sp³-hybridized carbons (Fsp3) is 0.188. The van der Waals surface area contributed by atoms with E-state index in [1.165, 1.54) is 5.56 Å². The molecular formula is C16H16O2. The van der Waals surface area contributed by atoms with Gasteiger partial charge in [-0.15, -0.1) is 0 Å². The number of carbonyl (C=O) groups excluding carboxylic acids is 1. The van der Waals surface area contributed by atoms with E-state index >= 15 is 0 Å². The Morgan fingerprint density at radius 3 is 2.17 bits per heavy atom. The van der Waals surface area contributed by atoms with Crippen molar-refractivity contribution in [3.8, 4) is 5.75 Å². The average molecular weight is 240 g/mol. The molecule has 0 aromatic heterocycles. The zero-order valence-electron chi connectivity index (χ0n) is 10.4. The second-order valence-corrected chi connectivity index (χ2v) is 4.13. The Bertz CT molecular complexity index is 500. The summed E-state index contributed by atoms with van der Waals surface area (Å²) in [5.74, 6) is 0.359. The van der Waals surface area contributed by atoms with Crippen LogP contribution in [0.4, 0.5) is 0 Å². The number of para-hydroxylation sites is 1. The smallest absolute Gasteiger partial charge is 0.315 e. The van der Waals surface area contributed by atoms with Gasteiger partial charge in [-0.3, -0.25) is 4.79 Å². The topological polar surface area (TPSA) is 26.3 Å². The molecule has 18 heavy (non-hydrogen) atoms. The third kappa shape index (κ3) is 3.45. The summed E-state index contributed by atoms with van der Waals surface area (Å²) in [5.41, 5.74) is 2.25. The Kier molecular flexibility index (Phi) is 4.13. The van der Waals surface area contributed by atoms with Gasteiger partial charge in [-0.2, -0.15) is 0 Å². The van der Waals surface area contributed by atoms with Gasteiger partial charge >= 0.3 is 5.97 Å². The Morgan fingerprint density at radius 2 is 1.56 bits per heavy atom. The van der Waals surface area contributed by atoms with Gasteiger partial charge in [0.1, 0.15) is 5.75 Å². The van der Waals surface area contributed by atoms with Crippen LogP contribution in [0.15, 0.2) is 54.6 Å². The fourth-order valence-electron chi connectivity index (χ4n) is 1.72. The molecule has 2 rings (SSSR count). The molecule has 0 amide bonds. The SMILES string of the molecule is CCc1ccc(CC(=O)Oc2ccccc2)cc1. The molecule has 2 heteroatoms. The van der Waals surface area contributed by atoms with Crippen LogP contribution in [0, 0.1) is 0 Å². The van der Waals surface area contributed by atoms with Crippen LogP contribution in [0.1, 0.15) is 18.1 Å². The highest BCUT2D eigenvalue weighted by Gasteiger charge is 2.05. The average Bonchev–Trinajstić information content (AvgIpc) is 2.40. The van der Waals surface area contributed by atoms with Gasteiger partial charge in [-0.25, -0.2) is 0 Å². The van der Waals surface area contributed by atoms with Gasteiger partial charge < -0.3 is 4.74 Å². The third-order valence-electron chi connectivity index (χ3n) is 2.75. The first-order valence-electron chi connectivity index (χ1n) is 6.11. The van der Waals surface area contributed by atoms with Crippen LogP contribution in [-0.2, 0) is 17.6 Å². The van der Waals surface area contributed by atoms with Gasteiger partial charge in [0, 0.05) is 0 Å². The van der Waals surface area contributed by atoms with Gasteiger partial charge in [0.15, 0.2) is 0 Å². The molecule has 0 N–H and O–H groups in total. The molecular weight excluding hydrogens is 224 g/mol. The van der Waals surface area contributed by atoms with E-state index in [0.29, 0.717) is 12.2 Å². The zero-order chi connectivity index (χ0) is 12.8. The number of rotatable bonds is 4. The summed E-state index contributed by atoms with van der Waals surface area (Å²) in [5, 5.41) is 0. The van der Waals surface area contributed by atoms with Crippen molar-refractivity contribution in [1.29, 1.82) is 0 Å². The van der Waals surface area contributed by atoms with E-state index in [4.69, 9.17) is 4.74 Å². The highest BCUT2D eigenvalue weighted by Crippen LogP contribution is 2.11. The van der Waals surface area contributed by atoms with Gasteiger partial charge in [0.05, 0.1) is 6.42 Å². The summed E-state index contributed by atoms with van der Waals surface area (Å²) in [6.07, 6.45) is 1.31. The van der Waals surface area contributed by atoms with Crippen molar-refractivity contribution in [1.82, 2.24) is 0 Å². The molecule has 0 aliphatic heterocycles. The van der Waals surface area contributed by atoms with Crippen LogP contribution in [0.2, 0.25) is 0 Å². The minimum absolute atomic E-state index is 0.231. The summed E-state index contributed by atoms with van der Waals surface area (Å²) < 4.78 is 5.24. The molecule has 0 saturated heterocycles. The first-order valence-corrected chi connectivity index (χ1v) is 6.11. The summed E-state index contributed by atoms with van der Waals surface area (Å²) in [6, 6.07) is 17.2. The number of aryl methyl sites for hydroxylation is 1. The number of ether oxygens (including phenoxy) is 1. The van der Waals surface area contributed by atoms with Gasteiger partial charge in [-0.1, -0.05) is 49.4 Å². The number of carbonyl (C=O) groups is 1. The predicted octanol–water partition coefficient (Wildman–Crippen LogP) is 3.40. The van der Waals surface area contributed by atoms with Crippen molar-refractivity contribution in [3.63, 3.8) is 0 Å².